The molecular weight excluding hydrogens is 290 g/mol. The zero-order valence-electron chi connectivity index (χ0n) is 11.2. The maximum Gasteiger partial charge on any atom is 0.276 e. The minimum absolute atomic E-state index is 0.0271. The number of hydrogen-bond donors (Lipinski definition) is 0. The van der Waals surface area contributed by atoms with Crippen molar-refractivity contribution >= 4 is 29.1 Å². The highest BCUT2D eigenvalue weighted by atomic mass is 35.5. The van der Waals surface area contributed by atoms with Crippen LogP contribution in [-0.4, -0.2) is 10.7 Å². The average molecular weight is 302 g/mol. The van der Waals surface area contributed by atoms with Crippen molar-refractivity contribution in [2.24, 2.45) is 0 Å². The molecule has 0 aromatic heterocycles. The summed E-state index contributed by atoms with van der Waals surface area (Å²) in [4.78, 5) is 22.8. The summed E-state index contributed by atoms with van der Waals surface area (Å²) in [5, 5.41) is 11.5. The Morgan fingerprint density at radius 2 is 1.76 bits per heavy atom. The number of ketones is 1. The number of Topliss-reactive ketones (excluding diaryl/α,β-unsaturated/α-hetero) is 1. The third-order valence-corrected chi connectivity index (χ3v) is 3.22. The largest absolute Gasteiger partial charge is 0.289 e. The SMILES string of the molecule is C/C(=C\c1ccccc1[N+](=O)[O-])C(=O)c1ccc(Cl)cc1. The predicted molar refractivity (Wildman–Crippen MR) is 82.5 cm³/mol. The summed E-state index contributed by atoms with van der Waals surface area (Å²) in [5.41, 5.74) is 1.29. The topological polar surface area (TPSA) is 60.2 Å². The molecule has 0 bridgehead atoms. The summed E-state index contributed by atoms with van der Waals surface area (Å²) in [6, 6.07) is 12.8. The van der Waals surface area contributed by atoms with E-state index < -0.39 is 4.92 Å². The number of halogens is 1. The van der Waals surface area contributed by atoms with Crippen molar-refractivity contribution in [3.63, 3.8) is 0 Å². The van der Waals surface area contributed by atoms with Gasteiger partial charge in [0.1, 0.15) is 0 Å². The molecule has 0 spiro atoms. The van der Waals surface area contributed by atoms with E-state index in [1.807, 2.05) is 0 Å². The second-order valence-corrected chi connectivity index (χ2v) is 4.92. The maximum absolute atomic E-state index is 12.3. The summed E-state index contributed by atoms with van der Waals surface area (Å²) in [7, 11) is 0. The molecule has 0 aliphatic heterocycles. The Labute approximate surface area is 126 Å². The van der Waals surface area contributed by atoms with Crippen LogP contribution in [-0.2, 0) is 0 Å². The number of para-hydroxylation sites is 1. The van der Waals surface area contributed by atoms with Crippen LogP contribution in [0.4, 0.5) is 5.69 Å². The van der Waals surface area contributed by atoms with Crippen molar-refractivity contribution in [2.45, 2.75) is 6.92 Å². The number of rotatable bonds is 4. The van der Waals surface area contributed by atoms with Gasteiger partial charge in [0.25, 0.3) is 5.69 Å². The van der Waals surface area contributed by atoms with Crippen LogP contribution in [0.3, 0.4) is 0 Å². The summed E-state index contributed by atoms with van der Waals surface area (Å²) in [6.45, 7) is 1.63. The molecule has 0 saturated carbocycles. The Bertz CT molecular complexity index is 721. The lowest BCUT2D eigenvalue weighted by Crippen LogP contribution is -2.00. The lowest BCUT2D eigenvalue weighted by molar-refractivity contribution is -0.385. The number of nitro groups is 1. The van der Waals surface area contributed by atoms with Gasteiger partial charge in [0.05, 0.1) is 10.5 Å². The summed E-state index contributed by atoms with van der Waals surface area (Å²) >= 11 is 5.78. The number of hydrogen-bond acceptors (Lipinski definition) is 3. The van der Waals surface area contributed by atoms with Crippen LogP contribution in [0.1, 0.15) is 22.8 Å². The van der Waals surface area contributed by atoms with Crippen LogP contribution < -0.4 is 0 Å². The van der Waals surface area contributed by atoms with Gasteiger partial charge in [-0.2, -0.15) is 0 Å². The highest BCUT2D eigenvalue weighted by molar-refractivity contribution is 6.30. The number of allylic oxidation sites excluding steroid dienone is 1. The number of benzene rings is 2. The molecule has 0 atom stereocenters. The highest BCUT2D eigenvalue weighted by Gasteiger charge is 2.13. The third-order valence-electron chi connectivity index (χ3n) is 2.97. The fourth-order valence-electron chi connectivity index (χ4n) is 1.90. The average Bonchev–Trinajstić information content (AvgIpc) is 2.47. The van der Waals surface area contributed by atoms with Crippen molar-refractivity contribution < 1.29 is 9.72 Å². The molecule has 5 heteroatoms. The molecule has 0 aliphatic carbocycles. The summed E-state index contributed by atoms with van der Waals surface area (Å²) in [5.74, 6) is -0.190. The van der Waals surface area contributed by atoms with Gasteiger partial charge >= 0.3 is 0 Å². The first kappa shape index (κ1) is 14.9. The molecule has 2 rings (SSSR count). The Morgan fingerprint density at radius 3 is 2.38 bits per heavy atom. The van der Waals surface area contributed by atoms with E-state index in [2.05, 4.69) is 0 Å². The van der Waals surface area contributed by atoms with Crippen LogP contribution in [0.2, 0.25) is 5.02 Å². The molecule has 2 aromatic rings. The molecule has 4 nitrogen and oxygen atoms in total. The van der Waals surface area contributed by atoms with Crippen molar-refractivity contribution in [3.05, 3.63) is 80.4 Å². The fraction of sp³-hybridized carbons (Fsp3) is 0.0625. The van der Waals surface area contributed by atoms with E-state index in [0.29, 0.717) is 21.7 Å². The van der Waals surface area contributed by atoms with E-state index in [0.717, 1.165) is 0 Å². The Balaban J connectivity index is 2.35. The van der Waals surface area contributed by atoms with Gasteiger partial charge in [-0.25, -0.2) is 0 Å². The smallest absolute Gasteiger partial charge is 0.276 e. The van der Waals surface area contributed by atoms with Crippen LogP contribution in [0.5, 0.6) is 0 Å². The van der Waals surface area contributed by atoms with Crippen molar-refractivity contribution in [1.82, 2.24) is 0 Å². The minimum Gasteiger partial charge on any atom is -0.289 e. The predicted octanol–water partition coefficient (Wildman–Crippen LogP) is 4.53. The summed E-state index contributed by atoms with van der Waals surface area (Å²) < 4.78 is 0. The lowest BCUT2D eigenvalue weighted by Gasteiger charge is -2.03. The minimum atomic E-state index is -0.466. The van der Waals surface area contributed by atoms with Gasteiger partial charge < -0.3 is 0 Å². The number of carbonyl (C=O) groups is 1. The second-order valence-electron chi connectivity index (χ2n) is 4.48. The van der Waals surface area contributed by atoms with Crippen LogP contribution in [0, 0.1) is 10.1 Å². The van der Waals surface area contributed by atoms with Gasteiger partial charge in [0, 0.05) is 16.7 Å². The van der Waals surface area contributed by atoms with Crippen LogP contribution >= 0.6 is 11.6 Å². The zero-order valence-corrected chi connectivity index (χ0v) is 12.0. The first-order valence-corrected chi connectivity index (χ1v) is 6.59. The maximum atomic E-state index is 12.3. The molecule has 0 N–H and O–H groups in total. The normalized spacial score (nSPS) is 11.2. The van der Waals surface area contributed by atoms with Crippen molar-refractivity contribution in [2.75, 3.05) is 0 Å². The first-order valence-electron chi connectivity index (χ1n) is 6.21. The summed E-state index contributed by atoms with van der Waals surface area (Å²) in [6.07, 6.45) is 1.52. The monoisotopic (exact) mass is 301 g/mol. The van der Waals surface area contributed by atoms with Gasteiger partial charge in [0.15, 0.2) is 5.78 Å². The molecule has 21 heavy (non-hydrogen) atoms. The lowest BCUT2D eigenvalue weighted by atomic mass is 10.0. The molecule has 0 aliphatic rings. The highest BCUT2D eigenvalue weighted by Crippen LogP contribution is 2.22. The van der Waals surface area contributed by atoms with Gasteiger partial charge in [0.2, 0.25) is 0 Å². The van der Waals surface area contributed by atoms with Gasteiger partial charge in [-0.15, -0.1) is 0 Å². The molecular formula is C16H12ClNO3. The first-order chi connectivity index (χ1) is 9.99. The molecule has 0 radical (unpaired) electrons. The molecule has 0 amide bonds. The number of nitrogens with zero attached hydrogens (tertiary/aromatic N) is 1. The van der Waals surface area contributed by atoms with Crippen LogP contribution in [0.25, 0.3) is 6.08 Å². The fourth-order valence-corrected chi connectivity index (χ4v) is 2.03. The van der Waals surface area contributed by atoms with E-state index >= 15 is 0 Å². The molecule has 106 valence electrons. The molecule has 0 heterocycles. The van der Waals surface area contributed by atoms with Gasteiger partial charge in [-0.3, -0.25) is 14.9 Å². The standard InChI is InChI=1S/C16H12ClNO3/c1-11(16(19)12-6-8-14(17)9-7-12)10-13-4-2-3-5-15(13)18(20)21/h2-10H,1H3/b11-10+. The zero-order chi connectivity index (χ0) is 15.4. The van der Waals surface area contributed by atoms with Crippen LogP contribution in [0.15, 0.2) is 54.1 Å². The molecule has 0 saturated heterocycles. The van der Waals surface area contributed by atoms with E-state index in [9.17, 15) is 14.9 Å². The van der Waals surface area contributed by atoms with E-state index in [1.165, 1.54) is 12.1 Å². The second kappa shape index (κ2) is 6.33. The molecule has 0 fully saturated rings. The van der Waals surface area contributed by atoms with E-state index in [1.54, 1.807) is 49.4 Å². The van der Waals surface area contributed by atoms with Crippen molar-refractivity contribution in [1.29, 1.82) is 0 Å². The Morgan fingerprint density at radius 1 is 1.14 bits per heavy atom. The van der Waals surface area contributed by atoms with Gasteiger partial charge in [-0.1, -0.05) is 23.7 Å². The molecule has 2 aromatic carbocycles. The van der Waals surface area contributed by atoms with Crippen molar-refractivity contribution in [3.8, 4) is 0 Å². The Kier molecular flexibility index (Phi) is 4.50. The Hall–Kier alpha value is -2.46. The number of nitro benzene ring substituents is 1. The van der Waals surface area contributed by atoms with Gasteiger partial charge in [-0.05, 0) is 48.9 Å². The third kappa shape index (κ3) is 3.55. The molecule has 0 unspecified atom stereocenters. The quantitative estimate of drug-likeness (QED) is 0.360. The van der Waals surface area contributed by atoms with E-state index in [-0.39, 0.29) is 11.5 Å². The number of carbonyl (C=O) groups excluding carboxylic acids is 1. The van der Waals surface area contributed by atoms with E-state index in [4.69, 9.17) is 11.6 Å².